The van der Waals surface area contributed by atoms with E-state index in [1.54, 1.807) is 12.4 Å². The number of morpholine rings is 1. The summed E-state index contributed by atoms with van der Waals surface area (Å²) in [5.41, 5.74) is 6.99. The Hall–Kier alpha value is -3.78. The molecule has 3 heterocycles. The molecule has 0 spiro atoms. The first-order valence-electron chi connectivity index (χ1n) is 10.3. The Morgan fingerprint density at radius 2 is 1.87 bits per heavy atom. The van der Waals surface area contributed by atoms with E-state index in [9.17, 15) is 0 Å². The Balaban J connectivity index is 1.54. The van der Waals surface area contributed by atoms with Crippen LogP contribution in [0.25, 0.3) is 16.7 Å². The smallest absolute Gasteiger partial charge is 0.229 e. The van der Waals surface area contributed by atoms with Crippen molar-refractivity contribution >= 4 is 29.0 Å². The number of nitrogens with zero attached hydrogens (tertiary/aromatic N) is 6. The van der Waals surface area contributed by atoms with Crippen LogP contribution in [0.2, 0.25) is 0 Å². The molecular formula is C23H23N7O. The number of hydrogen-bond donors (Lipinski definition) is 1. The van der Waals surface area contributed by atoms with Crippen LogP contribution in [-0.2, 0) is 4.74 Å². The third-order valence-corrected chi connectivity index (χ3v) is 5.14. The summed E-state index contributed by atoms with van der Waals surface area (Å²) in [6, 6.07) is 18.1. The van der Waals surface area contributed by atoms with Gasteiger partial charge in [0.15, 0.2) is 11.5 Å². The molecule has 0 amide bonds. The molecule has 0 atom stereocenters. The Bertz CT molecular complexity index is 1210. The van der Waals surface area contributed by atoms with Gasteiger partial charge in [0, 0.05) is 13.1 Å². The molecule has 8 nitrogen and oxygen atoms in total. The molecule has 4 aromatic rings. The summed E-state index contributed by atoms with van der Waals surface area (Å²) in [6.07, 6.45) is 3.56. The van der Waals surface area contributed by atoms with E-state index < -0.39 is 0 Å². The average Bonchev–Trinajstić information content (AvgIpc) is 3.24. The van der Waals surface area contributed by atoms with Crippen molar-refractivity contribution < 1.29 is 4.74 Å². The number of anilines is 2. The molecule has 1 aliphatic rings. The summed E-state index contributed by atoms with van der Waals surface area (Å²) in [7, 11) is 0. The van der Waals surface area contributed by atoms with Crippen LogP contribution in [0, 0.1) is 6.92 Å². The van der Waals surface area contributed by atoms with E-state index in [4.69, 9.17) is 14.7 Å². The van der Waals surface area contributed by atoms with Gasteiger partial charge in [-0.25, -0.2) is 4.68 Å². The summed E-state index contributed by atoms with van der Waals surface area (Å²) >= 11 is 0. The minimum atomic E-state index is 0.623. The molecule has 0 bridgehead atoms. The van der Waals surface area contributed by atoms with Gasteiger partial charge < -0.3 is 9.64 Å². The number of ether oxygens (including phenoxy) is 1. The molecule has 31 heavy (non-hydrogen) atoms. The van der Waals surface area contributed by atoms with Crippen LogP contribution >= 0.6 is 0 Å². The van der Waals surface area contributed by atoms with Crippen LogP contribution in [0.4, 0.5) is 11.8 Å². The highest BCUT2D eigenvalue weighted by Crippen LogP contribution is 2.26. The number of rotatable bonds is 5. The van der Waals surface area contributed by atoms with Gasteiger partial charge in [-0.1, -0.05) is 48.0 Å². The van der Waals surface area contributed by atoms with Crippen molar-refractivity contribution in [3.63, 3.8) is 0 Å². The maximum absolute atomic E-state index is 5.49. The van der Waals surface area contributed by atoms with E-state index in [1.165, 1.54) is 5.56 Å². The standard InChI is InChI=1S/C23H23N7O/c1-17-6-5-7-18(14-17)15-24-28-21-20-16-25-30(19-8-3-2-4-9-19)22(20)27-23(26-21)29-10-12-31-13-11-29/h2-9,14-16H,10-13H2,1H3,(H,26,27,28). The zero-order valence-corrected chi connectivity index (χ0v) is 17.3. The first-order chi connectivity index (χ1) is 15.3. The fraction of sp³-hybridized carbons (Fsp3) is 0.217. The van der Waals surface area contributed by atoms with Crippen LogP contribution in [0.1, 0.15) is 11.1 Å². The van der Waals surface area contributed by atoms with Gasteiger partial charge in [-0.05, 0) is 24.6 Å². The molecule has 0 radical (unpaired) electrons. The monoisotopic (exact) mass is 413 g/mol. The molecule has 1 fully saturated rings. The average molecular weight is 413 g/mol. The predicted molar refractivity (Wildman–Crippen MR) is 122 cm³/mol. The number of para-hydroxylation sites is 1. The molecule has 1 aliphatic heterocycles. The Kier molecular flexibility index (Phi) is 5.28. The van der Waals surface area contributed by atoms with Crippen LogP contribution in [0.5, 0.6) is 0 Å². The fourth-order valence-electron chi connectivity index (χ4n) is 3.56. The third-order valence-electron chi connectivity index (χ3n) is 5.14. The maximum Gasteiger partial charge on any atom is 0.229 e. The first kappa shape index (κ1) is 19.2. The highest BCUT2D eigenvalue weighted by atomic mass is 16.5. The summed E-state index contributed by atoms with van der Waals surface area (Å²) in [5.74, 6) is 1.26. The summed E-state index contributed by atoms with van der Waals surface area (Å²) in [4.78, 5) is 11.7. The fourth-order valence-corrected chi connectivity index (χ4v) is 3.56. The van der Waals surface area contributed by atoms with Crippen molar-refractivity contribution in [1.29, 1.82) is 0 Å². The second kappa shape index (κ2) is 8.53. The quantitative estimate of drug-likeness (QED) is 0.399. The molecule has 0 unspecified atom stereocenters. The molecule has 8 heteroatoms. The lowest BCUT2D eigenvalue weighted by Crippen LogP contribution is -2.37. The second-order valence-corrected chi connectivity index (χ2v) is 7.38. The number of benzene rings is 2. The molecule has 1 N–H and O–H groups in total. The van der Waals surface area contributed by atoms with Crippen molar-refractivity contribution in [2.24, 2.45) is 5.10 Å². The number of fused-ring (bicyclic) bond motifs is 1. The van der Waals surface area contributed by atoms with Gasteiger partial charge in [0.1, 0.15) is 0 Å². The van der Waals surface area contributed by atoms with Crippen LogP contribution in [-0.4, -0.2) is 52.3 Å². The van der Waals surface area contributed by atoms with Crippen LogP contribution in [0.15, 0.2) is 65.9 Å². The third kappa shape index (κ3) is 4.10. The predicted octanol–water partition coefficient (Wildman–Crippen LogP) is 3.41. The maximum atomic E-state index is 5.49. The minimum absolute atomic E-state index is 0.623. The minimum Gasteiger partial charge on any atom is -0.378 e. The van der Waals surface area contributed by atoms with Crippen molar-refractivity contribution in [2.75, 3.05) is 36.6 Å². The normalized spacial score (nSPS) is 14.4. The van der Waals surface area contributed by atoms with Gasteiger partial charge in [0.25, 0.3) is 0 Å². The Morgan fingerprint density at radius 1 is 1.03 bits per heavy atom. The lowest BCUT2D eigenvalue weighted by Gasteiger charge is -2.27. The highest BCUT2D eigenvalue weighted by Gasteiger charge is 2.19. The number of nitrogens with one attached hydrogen (secondary N) is 1. The molecule has 2 aromatic heterocycles. The van der Waals surface area contributed by atoms with Crippen molar-refractivity contribution in [1.82, 2.24) is 19.7 Å². The SMILES string of the molecule is Cc1cccc(C=NNc2nc(N3CCOCC3)nc3c2cnn3-c2ccccc2)c1. The van der Waals surface area contributed by atoms with Gasteiger partial charge in [0.05, 0.1) is 36.7 Å². The van der Waals surface area contributed by atoms with E-state index >= 15 is 0 Å². The summed E-state index contributed by atoms with van der Waals surface area (Å²) in [5, 5.41) is 9.80. The lowest BCUT2D eigenvalue weighted by molar-refractivity contribution is 0.122. The van der Waals surface area contributed by atoms with Gasteiger partial charge in [-0.2, -0.15) is 20.2 Å². The van der Waals surface area contributed by atoms with Gasteiger partial charge in [0.2, 0.25) is 5.95 Å². The molecule has 156 valence electrons. The molecule has 2 aromatic carbocycles. The Morgan fingerprint density at radius 3 is 2.68 bits per heavy atom. The van der Waals surface area contributed by atoms with E-state index in [1.807, 2.05) is 47.1 Å². The van der Waals surface area contributed by atoms with E-state index in [0.717, 1.165) is 35.4 Å². The summed E-state index contributed by atoms with van der Waals surface area (Å²) < 4.78 is 7.32. The summed E-state index contributed by atoms with van der Waals surface area (Å²) in [6.45, 7) is 4.88. The van der Waals surface area contributed by atoms with Gasteiger partial charge in [-0.3, -0.25) is 5.43 Å². The molecule has 0 saturated carbocycles. The zero-order valence-electron chi connectivity index (χ0n) is 17.3. The van der Waals surface area contributed by atoms with Crippen molar-refractivity contribution in [3.05, 3.63) is 71.9 Å². The molecular weight excluding hydrogens is 390 g/mol. The van der Waals surface area contributed by atoms with E-state index in [-0.39, 0.29) is 0 Å². The van der Waals surface area contributed by atoms with Crippen molar-refractivity contribution in [3.8, 4) is 5.69 Å². The Labute approximate surface area is 180 Å². The molecule has 5 rings (SSSR count). The number of hydrogen-bond acceptors (Lipinski definition) is 7. The van der Waals surface area contributed by atoms with Crippen LogP contribution < -0.4 is 10.3 Å². The number of aryl methyl sites for hydroxylation is 1. The number of hydrazone groups is 1. The molecule has 1 saturated heterocycles. The zero-order chi connectivity index (χ0) is 21.0. The second-order valence-electron chi connectivity index (χ2n) is 7.38. The van der Waals surface area contributed by atoms with Gasteiger partial charge >= 0.3 is 0 Å². The highest BCUT2D eigenvalue weighted by molar-refractivity contribution is 5.89. The largest absolute Gasteiger partial charge is 0.378 e. The van der Waals surface area contributed by atoms with Crippen LogP contribution in [0.3, 0.4) is 0 Å². The first-order valence-corrected chi connectivity index (χ1v) is 10.3. The van der Waals surface area contributed by atoms with Crippen molar-refractivity contribution in [2.45, 2.75) is 6.92 Å². The number of aromatic nitrogens is 4. The molecule has 0 aliphatic carbocycles. The van der Waals surface area contributed by atoms with Gasteiger partial charge in [-0.15, -0.1) is 0 Å². The lowest BCUT2D eigenvalue weighted by atomic mass is 10.2. The van der Waals surface area contributed by atoms with E-state index in [2.05, 4.69) is 39.6 Å². The van der Waals surface area contributed by atoms with E-state index in [0.29, 0.717) is 25.0 Å². The topological polar surface area (TPSA) is 80.5 Å².